The molecule has 117 heavy (non-hydrogen) atoms. The van der Waals surface area contributed by atoms with Crippen LogP contribution in [0.25, 0.3) is 43.6 Å². The lowest BCUT2D eigenvalue weighted by Gasteiger charge is -2.22. The molecule has 11 N–H and O–H groups in total. The quantitative estimate of drug-likeness (QED) is 0.0224. The number of carbonyl (C=O) groups excluding carboxylic acids is 4. The number of hydrogen-bond donors (Lipinski definition) is 9. The van der Waals surface area contributed by atoms with Crippen molar-refractivity contribution in [2.75, 3.05) is 30.0 Å². The predicted octanol–water partition coefficient (Wildman–Crippen LogP) is 21.5. The Labute approximate surface area is 733 Å². The van der Waals surface area contributed by atoms with Gasteiger partial charge in [0.25, 0.3) is 0 Å². The topological polar surface area (TPSA) is 345 Å². The number of nitrogens with two attached hydrogens (primary N) is 2. The number of carboxylic acids is 1. The van der Waals surface area contributed by atoms with Crippen LogP contribution >= 0.6 is 95.6 Å². The van der Waals surface area contributed by atoms with Gasteiger partial charge in [0.15, 0.2) is 11.6 Å². The summed E-state index contributed by atoms with van der Waals surface area (Å²) in [4.78, 5) is 72.4. The van der Waals surface area contributed by atoms with Gasteiger partial charge in [0.05, 0.1) is 41.7 Å². The largest absolute Gasteiger partial charge is 1.00 e. The molecule has 0 aliphatic heterocycles. The maximum absolute atomic E-state index is 12.7. The number of aliphatic carboxylic acids is 1. The van der Waals surface area contributed by atoms with Gasteiger partial charge in [-0.3, -0.25) is 24.0 Å². The van der Waals surface area contributed by atoms with E-state index < -0.39 is 11.9 Å². The summed E-state index contributed by atoms with van der Waals surface area (Å²) in [7, 11) is 0. The minimum absolute atomic E-state index is 0. The van der Waals surface area contributed by atoms with Crippen molar-refractivity contribution in [3.63, 3.8) is 0 Å². The molecule has 0 radical (unpaired) electrons. The Hall–Kier alpha value is -9.94. The number of H-pyrrole nitrogens is 5. The monoisotopic (exact) mass is 1960 g/mol. The van der Waals surface area contributed by atoms with Crippen molar-refractivity contribution in [2.24, 2.45) is 5.92 Å². The lowest BCUT2D eigenvalue weighted by molar-refractivity contribution is -0.152. The number of ketones is 1. The minimum atomic E-state index is -0.725. The predicted molar refractivity (Wildman–Crippen MR) is 485 cm³/mol. The van der Waals surface area contributed by atoms with Crippen molar-refractivity contribution < 1.29 is 45.8 Å². The number of halogens is 6. The maximum Gasteiger partial charge on any atom is 0.316 e. The summed E-state index contributed by atoms with van der Waals surface area (Å²) in [5, 5.41) is 38.1. The molecule has 0 spiro atoms. The van der Waals surface area contributed by atoms with Crippen LogP contribution in [0, 0.1) is 45.4 Å². The summed E-state index contributed by atoms with van der Waals surface area (Å²) < 4.78 is 26.7. The average Bonchev–Trinajstić information content (AvgIpc) is 1.64. The van der Waals surface area contributed by atoms with Gasteiger partial charge in [-0.05, 0) is 254 Å². The van der Waals surface area contributed by atoms with E-state index in [4.69, 9.17) is 26.7 Å². The maximum atomic E-state index is 12.7. The number of aromatic amines is 5. The second-order valence-corrected chi connectivity index (χ2v) is 33.4. The highest BCUT2D eigenvalue weighted by Crippen LogP contribution is 2.43. The van der Waals surface area contributed by atoms with Crippen LogP contribution in [-0.2, 0) is 59.1 Å². The van der Waals surface area contributed by atoms with Gasteiger partial charge in [0.2, 0.25) is 17.7 Å². The molecule has 0 bridgehead atoms. The fourth-order valence-electron chi connectivity index (χ4n) is 14.8. The van der Waals surface area contributed by atoms with Crippen molar-refractivity contribution in [3.05, 3.63) is 243 Å². The summed E-state index contributed by atoms with van der Waals surface area (Å²) in [6, 6.07) is 51.5. The van der Waals surface area contributed by atoms with Gasteiger partial charge in [-0.25, -0.2) is 0 Å². The number of esters is 2. The molecule has 612 valence electrons. The van der Waals surface area contributed by atoms with Gasteiger partial charge in [-0.2, -0.15) is 5.21 Å². The average molecular weight is 1970 g/mol. The van der Waals surface area contributed by atoms with Crippen LogP contribution in [0.4, 0.5) is 17.1 Å². The first-order chi connectivity index (χ1) is 57.0. The fourth-order valence-corrected chi connectivity index (χ4v) is 17.1. The third kappa shape index (κ3) is 24.6. The number of para-hydroxylation sites is 2. The molecule has 22 nitrogen and oxygen atoms in total. The zero-order valence-electron chi connectivity index (χ0n) is 67.1. The molecule has 6 unspecified atom stereocenters. The lowest BCUT2D eigenvalue weighted by Crippen LogP contribution is -2.35. The molecule has 1 saturated carbocycles. The van der Waals surface area contributed by atoms with Crippen molar-refractivity contribution in [3.8, 4) is 25.7 Å². The summed E-state index contributed by atoms with van der Waals surface area (Å²) in [5.41, 5.74) is 27.1. The van der Waals surface area contributed by atoms with E-state index in [0.29, 0.717) is 31.3 Å². The number of fused-ring (bicyclic) bond motifs is 12. The summed E-state index contributed by atoms with van der Waals surface area (Å²) in [6.07, 6.45) is 28.0. The number of aromatic nitrogens is 10. The molecule has 1 fully saturated rings. The molecule has 5 aliphatic rings. The second-order valence-electron chi connectivity index (χ2n) is 27.7. The molecule has 1 amide bonds. The van der Waals surface area contributed by atoms with E-state index in [0.717, 1.165) is 174 Å². The Morgan fingerprint density at radius 2 is 0.932 bits per heavy atom. The molecule has 6 aromatic heterocycles. The van der Waals surface area contributed by atoms with Gasteiger partial charge in [0, 0.05) is 113 Å². The number of aryl methyl sites for hydroxylation is 6. The van der Waals surface area contributed by atoms with Gasteiger partial charge in [-0.15, -0.1) is 46.1 Å². The van der Waals surface area contributed by atoms with Crippen molar-refractivity contribution in [2.45, 2.75) is 153 Å². The number of nitrogens with zero attached hydrogens (tertiary/aromatic N) is 5. The summed E-state index contributed by atoms with van der Waals surface area (Å²) in [6.45, 7) is 7.98. The fraction of sp³-hybridized carbons (Fsp3) is 0.303. The number of carbonyl (C=O) groups is 5. The van der Waals surface area contributed by atoms with Crippen molar-refractivity contribution >= 4 is 186 Å². The van der Waals surface area contributed by atoms with Gasteiger partial charge in [0.1, 0.15) is 7.29 Å². The molecule has 5 aliphatic carbocycles. The van der Waals surface area contributed by atoms with Crippen LogP contribution in [0.15, 0.2) is 185 Å². The molecular formula is C89H94Br6N13O9-. The highest BCUT2D eigenvalue weighted by molar-refractivity contribution is 9.11. The number of alkyl halides is 1. The number of carboxylic acid groups (broad SMARTS) is 1. The molecule has 6 atom stereocenters. The van der Waals surface area contributed by atoms with E-state index in [1.165, 1.54) is 56.0 Å². The van der Waals surface area contributed by atoms with Crippen molar-refractivity contribution in [1.29, 1.82) is 0 Å². The zero-order chi connectivity index (χ0) is 85.0. The molecule has 7 aromatic carbocycles. The lowest BCUT2D eigenvalue weighted by atomic mass is 9.86. The molecule has 6 heterocycles. The van der Waals surface area contributed by atoms with Crippen LogP contribution in [0.3, 0.4) is 0 Å². The van der Waals surface area contributed by atoms with E-state index in [2.05, 4.69) is 219 Å². The molecule has 28 heteroatoms. The number of terminal acetylenes is 2. The van der Waals surface area contributed by atoms with Crippen molar-refractivity contribution in [1.82, 2.24) is 50.8 Å². The number of ether oxygens (including phenoxy) is 2. The summed E-state index contributed by atoms with van der Waals surface area (Å²) >= 11 is 20.6. The zero-order valence-corrected chi connectivity index (χ0v) is 74.6. The normalized spacial score (nSPS) is 17.1. The Balaban J connectivity index is 0.000000173. The summed E-state index contributed by atoms with van der Waals surface area (Å²) in [5.74, 6) is -0.0426. The molecule has 13 aromatic rings. The molecular weight excluding hydrogens is 1870 g/mol. The van der Waals surface area contributed by atoms with E-state index >= 15 is 0 Å². The highest BCUT2D eigenvalue weighted by atomic mass is 79.9. The first-order valence-electron chi connectivity index (χ1n) is 38.8. The Morgan fingerprint density at radius 1 is 0.530 bits per heavy atom. The number of rotatable bonds is 8. The van der Waals surface area contributed by atoms with Crippen LogP contribution < -0.4 is 16.8 Å². The third-order valence-corrected chi connectivity index (χ3v) is 23.4. The van der Waals surface area contributed by atoms with E-state index in [1.54, 1.807) is 13.8 Å². The number of nitrogens with one attached hydrogen (secondary N) is 6. The van der Waals surface area contributed by atoms with Gasteiger partial charge >= 0.3 is 17.9 Å². The number of amides is 1. The molecule has 0 saturated heterocycles. The molecule has 18 rings (SSSR count). The first-order valence-corrected chi connectivity index (χ1v) is 43.2. The minimum Gasteiger partial charge on any atom is -1.00 e. The third-order valence-electron chi connectivity index (χ3n) is 20.0. The number of nitrogen functional groups attached to an aromatic ring is 2. The number of benzene rings is 7. The Bertz CT molecular complexity index is 5540. The van der Waals surface area contributed by atoms with Crippen LogP contribution in [-0.4, -0.2) is 104 Å². The van der Waals surface area contributed by atoms with E-state index in [1.807, 2.05) is 123 Å². The van der Waals surface area contributed by atoms with Crippen LogP contribution in [0.5, 0.6) is 0 Å². The Morgan fingerprint density at radius 3 is 1.34 bits per heavy atom. The van der Waals surface area contributed by atoms with Crippen LogP contribution in [0.2, 0.25) is 0 Å². The number of anilines is 3. The van der Waals surface area contributed by atoms with Crippen LogP contribution in [0.1, 0.15) is 174 Å². The van der Waals surface area contributed by atoms with Gasteiger partial charge < -0.3 is 57.1 Å². The van der Waals surface area contributed by atoms with E-state index in [9.17, 15) is 29.1 Å². The first kappa shape index (κ1) is 89.4. The number of tetrazole rings is 1. The number of hydrogen-bond acceptors (Lipinski definition) is 15. The second kappa shape index (κ2) is 45.1. The Kier molecular flexibility index (Phi) is 34.5. The van der Waals surface area contributed by atoms with Gasteiger partial charge in [-0.1, -0.05) is 144 Å². The number of Topliss-reactive ketones (excluding diaryl/α,β-unsaturated/α-hetero) is 1. The highest BCUT2D eigenvalue weighted by Gasteiger charge is 2.37. The smallest absolute Gasteiger partial charge is 0.316 e. The standard InChI is InChI=1S/C19H17BrN2O.C15H14BrN3O.C15H16BrNO2.C13H12BrNO2.C9H13BrO3.C6H6BrN.C6H7N.C2H4N4.2C2H2.H/c20-12-9-10-17-16(11-12)14-7-4-8-15(18(14)22-17)19(23)21-13-5-2-1-3-6-13;1-8-18-19-15(20-8)11-4-2-3-10-12-7-9(16)5-6-13(12)17-14(10)11;1-2-19-15(18)11-5-3-4-10-12-8-9(16)6-7-13(12)17-14(10)11;14-7-4-5-11-10(6-7)8-2-1-3-9(13(16)17)12(8)15-11;1-2-13-9(12)6-4-3-5-7(10)8(6)11;7-5-1-3-6(8)4-2-5;7-6-4-2-1-3-5-6;1-2-3-5-6-4-2;2*1-2;/h1-3,5-6,9-11,15,22H,4,7-8H2,(H,21,23);5-7,11,17H,2-4H2,1H3;6-8,11,17H,2-5H2,1H3;4-6,9,15H,1-3H2,(H,16,17);6-7H,2-5H2,1H3;1-4H,8H2;1-5H,7H2;1H3,(H,3,4,5,6);2*1-2H;/q;;;;;;;;;;-1/i;;;;;;;;1D;;1+1. The SMILES string of the molecule is C#C.CCOC(=O)C1CCCC(Br)C1=O.CCOC(=O)C1CCCc2c1[nH]c1ccc(Br)cc21.Cc1nn[nH]n1.Cc1nnc(C2CCCc3c2[nH]c2ccc(Br)cc32)o1.Nc1ccc(Br)cc1.Nc1ccccc1.O=C(Nc1ccccc1)C1CCCc2c1[nH]c1ccc(Br)cc21.O=C(O)C1CCCc2c1[nH]c1ccc(Br)cc21.[2H-].[2H]C#C. The van der Waals surface area contributed by atoms with E-state index in [-0.39, 0.29) is 53.6 Å².